The van der Waals surface area contributed by atoms with E-state index < -0.39 is 28.7 Å². The van der Waals surface area contributed by atoms with Gasteiger partial charge in [-0.15, -0.1) is 11.3 Å². The molecule has 0 aliphatic heterocycles. The minimum atomic E-state index is -4.92. The largest absolute Gasteiger partial charge is 0.432 e. The summed E-state index contributed by atoms with van der Waals surface area (Å²) in [7, 11) is 0.918. The Kier molecular flexibility index (Phi) is 4.67. The number of pyridine rings is 1. The summed E-state index contributed by atoms with van der Waals surface area (Å²) >= 11 is 12.4. The first-order chi connectivity index (χ1) is 12.1. The average molecular weight is 423 g/mol. The van der Waals surface area contributed by atoms with Crippen LogP contribution in [0, 0.1) is 0 Å². The van der Waals surface area contributed by atoms with Gasteiger partial charge in [-0.2, -0.15) is 13.2 Å². The molecule has 0 fully saturated rings. The van der Waals surface area contributed by atoms with Crippen LogP contribution in [-0.4, -0.2) is 19.5 Å². The second-order valence-corrected chi connectivity index (χ2v) is 6.71. The van der Waals surface area contributed by atoms with E-state index in [1.54, 1.807) is 0 Å². The van der Waals surface area contributed by atoms with Crippen molar-refractivity contribution in [3.05, 3.63) is 54.4 Å². The Labute approximate surface area is 156 Å². The second kappa shape index (κ2) is 6.53. The zero-order valence-electron chi connectivity index (χ0n) is 12.7. The van der Waals surface area contributed by atoms with Gasteiger partial charge in [0.1, 0.15) is 26.6 Å². The monoisotopic (exact) mass is 422 g/mol. The van der Waals surface area contributed by atoms with Gasteiger partial charge in [0.15, 0.2) is 0 Å². The Balaban J connectivity index is 2.24. The van der Waals surface area contributed by atoms with Gasteiger partial charge in [-0.1, -0.05) is 23.2 Å². The van der Waals surface area contributed by atoms with Crippen molar-refractivity contribution in [3.8, 4) is 21.8 Å². The quantitative estimate of drug-likeness (QED) is 0.639. The number of rotatable bonds is 2. The average Bonchev–Trinajstić information content (AvgIpc) is 2.98. The van der Waals surface area contributed by atoms with E-state index >= 15 is 0 Å². The van der Waals surface area contributed by atoms with Gasteiger partial charge in [-0.3, -0.25) is 14.3 Å². The van der Waals surface area contributed by atoms with Crippen molar-refractivity contribution in [2.24, 2.45) is 7.05 Å². The summed E-state index contributed by atoms with van der Waals surface area (Å²) in [4.78, 5) is 33.3. The van der Waals surface area contributed by atoms with Crippen molar-refractivity contribution in [2.75, 3.05) is 0 Å². The predicted octanol–water partition coefficient (Wildman–Crippen LogP) is 3.58. The summed E-state index contributed by atoms with van der Waals surface area (Å²) in [5, 5.41) is 1.41. The number of H-pyrrole nitrogens is 1. The number of nitrogens with one attached hydrogen (secondary N) is 1. The third kappa shape index (κ3) is 3.39. The van der Waals surface area contributed by atoms with Crippen LogP contribution in [0.3, 0.4) is 0 Å². The Hall–Kier alpha value is -2.17. The molecule has 3 rings (SSSR count). The molecule has 1 N–H and O–H groups in total. The number of halogens is 5. The van der Waals surface area contributed by atoms with Crippen LogP contribution < -0.4 is 11.2 Å². The molecule has 0 saturated heterocycles. The van der Waals surface area contributed by atoms with Crippen LogP contribution in [0.15, 0.2) is 27.1 Å². The molecule has 0 saturated carbocycles. The molecule has 0 spiro atoms. The lowest BCUT2D eigenvalue weighted by Gasteiger charge is -2.14. The molecule has 0 atom stereocenters. The number of aromatic nitrogens is 4. The van der Waals surface area contributed by atoms with E-state index in [0.29, 0.717) is 10.1 Å². The summed E-state index contributed by atoms with van der Waals surface area (Å²) in [5.41, 5.74) is -3.77. The highest BCUT2D eigenvalue weighted by molar-refractivity contribution is 7.13. The van der Waals surface area contributed by atoms with Crippen LogP contribution in [0.5, 0.6) is 0 Å². The second-order valence-electron chi connectivity index (χ2n) is 5.08. The number of hydrogen-bond donors (Lipinski definition) is 1. The molecule has 0 unspecified atom stereocenters. The lowest BCUT2D eigenvalue weighted by Crippen LogP contribution is -2.35. The standard InChI is InChI=1S/C14H7Cl2F3N4O2S/c1-23-10(14(17,18)19)9(11(24)22-13(23)25)12-20-6(4-26-12)5-2-7(15)21-8(16)3-5/h2-4H,1H3,(H,22,24,25). The van der Waals surface area contributed by atoms with E-state index in [0.717, 1.165) is 18.4 Å². The zero-order valence-corrected chi connectivity index (χ0v) is 15.0. The van der Waals surface area contributed by atoms with Gasteiger partial charge in [-0.25, -0.2) is 14.8 Å². The molecule has 0 amide bonds. The Morgan fingerprint density at radius 2 is 1.77 bits per heavy atom. The minimum Gasteiger partial charge on any atom is -0.292 e. The summed E-state index contributed by atoms with van der Waals surface area (Å²) in [5.74, 6) is 0. The maximum absolute atomic E-state index is 13.4. The van der Waals surface area contributed by atoms with E-state index in [1.165, 1.54) is 17.5 Å². The van der Waals surface area contributed by atoms with Crippen LogP contribution in [0.4, 0.5) is 13.2 Å². The van der Waals surface area contributed by atoms with Crippen molar-refractivity contribution in [1.29, 1.82) is 0 Å². The van der Waals surface area contributed by atoms with Gasteiger partial charge in [0.2, 0.25) is 0 Å². The summed E-state index contributed by atoms with van der Waals surface area (Å²) < 4.78 is 40.6. The molecule has 12 heteroatoms. The maximum atomic E-state index is 13.4. The minimum absolute atomic E-state index is 0.0815. The first-order valence-electron chi connectivity index (χ1n) is 6.78. The maximum Gasteiger partial charge on any atom is 0.432 e. The van der Waals surface area contributed by atoms with Crippen LogP contribution in [0.1, 0.15) is 5.69 Å². The molecule has 0 aliphatic carbocycles. The highest BCUT2D eigenvalue weighted by Gasteiger charge is 2.39. The van der Waals surface area contributed by atoms with Gasteiger partial charge in [0.05, 0.1) is 5.69 Å². The summed E-state index contributed by atoms with van der Waals surface area (Å²) in [6.07, 6.45) is -4.92. The van der Waals surface area contributed by atoms with Crippen molar-refractivity contribution < 1.29 is 13.2 Å². The fraction of sp³-hybridized carbons (Fsp3) is 0.143. The van der Waals surface area contributed by atoms with Gasteiger partial charge in [0.25, 0.3) is 5.56 Å². The first-order valence-corrected chi connectivity index (χ1v) is 8.41. The lowest BCUT2D eigenvalue weighted by molar-refractivity contribution is -0.143. The van der Waals surface area contributed by atoms with Crippen molar-refractivity contribution >= 4 is 34.5 Å². The molecule has 0 aromatic carbocycles. The highest BCUT2D eigenvalue weighted by Crippen LogP contribution is 2.36. The molecule has 0 bridgehead atoms. The van der Waals surface area contributed by atoms with E-state index in [2.05, 4.69) is 9.97 Å². The predicted molar refractivity (Wildman–Crippen MR) is 91.7 cm³/mol. The normalized spacial score (nSPS) is 11.8. The fourth-order valence-electron chi connectivity index (χ4n) is 2.28. The number of aromatic amines is 1. The molecule has 3 heterocycles. The molecular weight excluding hydrogens is 416 g/mol. The van der Waals surface area contributed by atoms with Crippen molar-refractivity contribution in [1.82, 2.24) is 19.5 Å². The Morgan fingerprint density at radius 3 is 2.35 bits per heavy atom. The molecule has 3 aromatic heterocycles. The van der Waals surface area contributed by atoms with Gasteiger partial charge < -0.3 is 0 Å². The third-order valence-corrected chi connectivity index (χ3v) is 4.62. The molecule has 6 nitrogen and oxygen atoms in total. The fourth-order valence-corrected chi connectivity index (χ4v) is 3.62. The van der Waals surface area contributed by atoms with Crippen LogP contribution in [0.2, 0.25) is 10.3 Å². The Morgan fingerprint density at radius 1 is 1.15 bits per heavy atom. The number of hydrogen-bond acceptors (Lipinski definition) is 5. The van der Waals surface area contributed by atoms with E-state index in [9.17, 15) is 22.8 Å². The number of thiazole rings is 1. The SMILES string of the molecule is Cn1c(C(F)(F)F)c(-c2nc(-c3cc(Cl)nc(Cl)c3)cs2)c(=O)[nH]c1=O. The highest BCUT2D eigenvalue weighted by atomic mass is 35.5. The smallest absolute Gasteiger partial charge is 0.292 e. The van der Waals surface area contributed by atoms with Gasteiger partial charge in [-0.05, 0) is 12.1 Å². The molecule has 0 radical (unpaired) electrons. The molecule has 3 aromatic rings. The first kappa shape index (κ1) is 18.6. The van der Waals surface area contributed by atoms with Gasteiger partial charge >= 0.3 is 11.9 Å². The third-order valence-electron chi connectivity index (χ3n) is 3.37. The molecule has 26 heavy (non-hydrogen) atoms. The Bertz CT molecular complexity index is 1100. The van der Waals surface area contributed by atoms with Crippen LogP contribution in [-0.2, 0) is 13.2 Å². The topological polar surface area (TPSA) is 80.6 Å². The van der Waals surface area contributed by atoms with E-state index in [4.69, 9.17) is 23.2 Å². The van der Waals surface area contributed by atoms with Crippen LogP contribution in [0.25, 0.3) is 21.8 Å². The van der Waals surface area contributed by atoms with Crippen LogP contribution >= 0.6 is 34.5 Å². The lowest BCUT2D eigenvalue weighted by atomic mass is 10.2. The number of nitrogens with zero attached hydrogens (tertiary/aromatic N) is 3. The summed E-state index contributed by atoms with van der Waals surface area (Å²) in [6.45, 7) is 0. The molecule has 136 valence electrons. The van der Waals surface area contributed by atoms with Crippen molar-refractivity contribution in [2.45, 2.75) is 6.18 Å². The summed E-state index contributed by atoms with van der Waals surface area (Å²) in [6, 6.07) is 2.86. The van der Waals surface area contributed by atoms with Crippen molar-refractivity contribution in [3.63, 3.8) is 0 Å². The van der Waals surface area contributed by atoms with E-state index in [1.807, 2.05) is 4.98 Å². The number of alkyl halides is 3. The molecular formula is C14H7Cl2F3N4O2S. The zero-order chi connectivity index (χ0) is 19.2. The van der Waals surface area contributed by atoms with E-state index in [-0.39, 0.29) is 21.0 Å². The molecule has 0 aliphatic rings. The van der Waals surface area contributed by atoms with Gasteiger partial charge in [0, 0.05) is 18.0 Å².